The Balaban J connectivity index is 1.86. The van der Waals surface area contributed by atoms with Crippen LogP contribution >= 0.6 is 0 Å². The number of carbonyl (C=O) groups is 1. The van der Waals surface area contributed by atoms with Crippen LogP contribution in [0, 0.1) is 12.7 Å². The molecule has 0 spiro atoms. The Hall–Kier alpha value is -2.95. The Bertz CT molecular complexity index is 851. The molecule has 0 fully saturated rings. The molecule has 0 aliphatic carbocycles. The van der Waals surface area contributed by atoms with Crippen LogP contribution in [0.5, 0.6) is 0 Å². The molecule has 3 aromatic rings. The van der Waals surface area contributed by atoms with Crippen molar-refractivity contribution in [2.75, 3.05) is 5.32 Å². The lowest BCUT2D eigenvalue weighted by molar-refractivity contribution is 0.102. The first-order valence-electron chi connectivity index (χ1n) is 7.79. The van der Waals surface area contributed by atoms with Crippen molar-refractivity contribution in [1.82, 2.24) is 9.78 Å². The summed E-state index contributed by atoms with van der Waals surface area (Å²) < 4.78 is 14.7. The zero-order valence-corrected chi connectivity index (χ0v) is 13.6. The third-order valence-electron chi connectivity index (χ3n) is 3.77. The molecule has 3 rings (SSSR count). The molecule has 24 heavy (non-hydrogen) atoms. The Morgan fingerprint density at radius 3 is 2.42 bits per heavy atom. The molecular weight excluding hydrogens is 305 g/mol. The van der Waals surface area contributed by atoms with Gasteiger partial charge >= 0.3 is 0 Å². The summed E-state index contributed by atoms with van der Waals surface area (Å²) in [4.78, 5) is 12.4. The van der Waals surface area contributed by atoms with Crippen molar-refractivity contribution in [3.63, 3.8) is 0 Å². The standard InChI is InChI=1S/C19H18FN3O/c1-3-14-4-6-15(7-5-14)19(24)21-18-12-13(2)22-23(18)17-10-8-16(20)9-11-17/h4-12H,3H2,1-2H3,(H,21,24). The fraction of sp³-hybridized carbons (Fsp3) is 0.158. The predicted molar refractivity (Wildman–Crippen MR) is 92.0 cm³/mol. The van der Waals surface area contributed by atoms with Gasteiger partial charge in [-0.2, -0.15) is 5.10 Å². The number of hydrogen-bond donors (Lipinski definition) is 1. The van der Waals surface area contributed by atoms with E-state index in [1.807, 2.05) is 19.1 Å². The molecule has 122 valence electrons. The maximum atomic E-state index is 13.1. The molecule has 0 unspecified atom stereocenters. The van der Waals surface area contributed by atoms with Crippen LogP contribution in [-0.2, 0) is 6.42 Å². The summed E-state index contributed by atoms with van der Waals surface area (Å²) in [6.45, 7) is 3.91. The van der Waals surface area contributed by atoms with Crippen molar-refractivity contribution in [2.45, 2.75) is 20.3 Å². The molecule has 0 radical (unpaired) electrons. The molecule has 1 amide bonds. The van der Waals surface area contributed by atoms with Crippen molar-refractivity contribution in [3.05, 3.63) is 77.2 Å². The fourth-order valence-electron chi connectivity index (χ4n) is 2.45. The van der Waals surface area contributed by atoms with Gasteiger partial charge in [-0.25, -0.2) is 9.07 Å². The van der Waals surface area contributed by atoms with Crippen LogP contribution in [0.3, 0.4) is 0 Å². The summed E-state index contributed by atoms with van der Waals surface area (Å²) in [6.07, 6.45) is 0.929. The first-order chi connectivity index (χ1) is 11.6. The first-order valence-corrected chi connectivity index (χ1v) is 7.79. The average molecular weight is 323 g/mol. The van der Waals surface area contributed by atoms with E-state index in [1.54, 1.807) is 35.0 Å². The zero-order valence-electron chi connectivity index (χ0n) is 13.6. The number of amides is 1. The molecule has 5 heteroatoms. The van der Waals surface area contributed by atoms with Crippen molar-refractivity contribution < 1.29 is 9.18 Å². The van der Waals surface area contributed by atoms with E-state index in [4.69, 9.17) is 0 Å². The molecule has 2 aromatic carbocycles. The van der Waals surface area contributed by atoms with Gasteiger partial charge in [0.2, 0.25) is 0 Å². The van der Waals surface area contributed by atoms with E-state index in [-0.39, 0.29) is 11.7 Å². The number of aromatic nitrogens is 2. The van der Waals surface area contributed by atoms with Gasteiger partial charge in [-0.05, 0) is 55.3 Å². The first kappa shape index (κ1) is 15.9. The molecule has 0 atom stereocenters. The maximum absolute atomic E-state index is 13.1. The van der Waals surface area contributed by atoms with Gasteiger partial charge in [-0.3, -0.25) is 4.79 Å². The highest BCUT2D eigenvalue weighted by Gasteiger charge is 2.12. The number of hydrogen-bond acceptors (Lipinski definition) is 2. The number of benzene rings is 2. The summed E-state index contributed by atoms with van der Waals surface area (Å²) in [5.41, 5.74) is 3.20. The van der Waals surface area contributed by atoms with Gasteiger partial charge < -0.3 is 5.32 Å². The van der Waals surface area contributed by atoms with Crippen molar-refractivity contribution >= 4 is 11.7 Å². The summed E-state index contributed by atoms with van der Waals surface area (Å²) in [5, 5.41) is 7.23. The van der Waals surface area contributed by atoms with Gasteiger partial charge in [0, 0.05) is 11.6 Å². The second-order valence-electron chi connectivity index (χ2n) is 5.56. The number of carbonyl (C=O) groups excluding carboxylic acids is 1. The molecule has 0 saturated heterocycles. The highest BCUT2D eigenvalue weighted by Crippen LogP contribution is 2.18. The van der Waals surface area contributed by atoms with E-state index in [0.29, 0.717) is 17.1 Å². The van der Waals surface area contributed by atoms with Gasteiger partial charge in [-0.15, -0.1) is 0 Å². The Morgan fingerprint density at radius 1 is 1.12 bits per heavy atom. The van der Waals surface area contributed by atoms with Gasteiger partial charge in [0.25, 0.3) is 5.91 Å². The second-order valence-corrected chi connectivity index (χ2v) is 5.56. The van der Waals surface area contributed by atoms with Crippen molar-refractivity contribution in [1.29, 1.82) is 0 Å². The summed E-state index contributed by atoms with van der Waals surface area (Å²) in [5.74, 6) is 0.0221. The third kappa shape index (κ3) is 3.35. The minimum absolute atomic E-state index is 0.207. The van der Waals surface area contributed by atoms with E-state index < -0.39 is 0 Å². The Labute approximate surface area is 139 Å². The lowest BCUT2D eigenvalue weighted by Gasteiger charge is -2.09. The normalized spacial score (nSPS) is 10.6. The molecule has 0 saturated carbocycles. The molecule has 1 aromatic heterocycles. The number of aryl methyl sites for hydroxylation is 2. The van der Waals surface area contributed by atoms with Gasteiger partial charge in [0.1, 0.15) is 11.6 Å². The summed E-state index contributed by atoms with van der Waals surface area (Å²) >= 11 is 0. The van der Waals surface area contributed by atoms with Crippen LogP contribution < -0.4 is 5.32 Å². The topological polar surface area (TPSA) is 46.9 Å². The Morgan fingerprint density at radius 2 is 1.79 bits per heavy atom. The van der Waals surface area contributed by atoms with Crippen LogP contribution in [0.25, 0.3) is 5.69 Å². The molecule has 4 nitrogen and oxygen atoms in total. The largest absolute Gasteiger partial charge is 0.306 e. The molecule has 0 bridgehead atoms. The van der Waals surface area contributed by atoms with E-state index in [9.17, 15) is 9.18 Å². The van der Waals surface area contributed by atoms with Crippen LogP contribution in [0.15, 0.2) is 54.6 Å². The van der Waals surface area contributed by atoms with Gasteiger partial charge in [0.05, 0.1) is 11.4 Å². The molecular formula is C19H18FN3O. The quantitative estimate of drug-likeness (QED) is 0.784. The van der Waals surface area contributed by atoms with Crippen LogP contribution in [0.2, 0.25) is 0 Å². The molecule has 0 aliphatic heterocycles. The third-order valence-corrected chi connectivity index (χ3v) is 3.77. The van der Waals surface area contributed by atoms with E-state index in [2.05, 4.69) is 17.3 Å². The molecule has 0 aliphatic rings. The van der Waals surface area contributed by atoms with E-state index in [0.717, 1.165) is 12.1 Å². The van der Waals surface area contributed by atoms with E-state index in [1.165, 1.54) is 17.7 Å². The van der Waals surface area contributed by atoms with Crippen LogP contribution in [0.4, 0.5) is 10.2 Å². The van der Waals surface area contributed by atoms with Crippen molar-refractivity contribution in [3.8, 4) is 5.69 Å². The lowest BCUT2D eigenvalue weighted by atomic mass is 10.1. The maximum Gasteiger partial charge on any atom is 0.256 e. The summed E-state index contributed by atoms with van der Waals surface area (Å²) in [7, 11) is 0. The average Bonchev–Trinajstić information content (AvgIpc) is 2.96. The molecule has 1 N–H and O–H groups in total. The van der Waals surface area contributed by atoms with Gasteiger partial charge in [-0.1, -0.05) is 19.1 Å². The number of nitrogens with one attached hydrogen (secondary N) is 1. The predicted octanol–water partition coefficient (Wildman–Crippen LogP) is 4.13. The molecule has 1 heterocycles. The van der Waals surface area contributed by atoms with Crippen molar-refractivity contribution in [2.24, 2.45) is 0 Å². The number of anilines is 1. The van der Waals surface area contributed by atoms with Gasteiger partial charge in [0.15, 0.2) is 0 Å². The number of halogens is 1. The monoisotopic (exact) mass is 323 g/mol. The number of nitrogens with zero attached hydrogens (tertiary/aromatic N) is 2. The minimum atomic E-state index is -0.316. The van der Waals surface area contributed by atoms with Crippen LogP contribution in [-0.4, -0.2) is 15.7 Å². The Kier molecular flexibility index (Phi) is 4.42. The van der Waals surface area contributed by atoms with E-state index >= 15 is 0 Å². The SMILES string of the molecule is CCc1ccc(C(=O)Nc2cc(C)nn2-c2ccc(F)cc2)cc1. The number of rotatable bonds is 4. The zero-order chi connectivity index (χ0) is 17.1. The smallest absolute Gasteiger partial charge is 0.256 e. The van der Waals surface area contributed by atoms with Crippen LogP contribution in [0.1, 0.15) is 28.5 Å². The fourth-order valence-corrected chi connectivity index (χ4v) is 2.45. The lowest BCUT2D eigenvalue weighted by Crippen LogP contribution is -2.15. The highest BCUT2D eigenvalue weighted by atomic mass is 19.1. The highest BCUT2D eigenvalue weighted by molar-refractivity contribution is 6.04. The second kappa shape index (κ2) is 6.66. The minimum Gasteiger partial charge on any atom is -0.306 e. The summed E-state index contributed by atoms with van der Waals surface area (Å²) in [6, 6.07) is 15.2.